The predicted octanol–water partition coefficient (Wildman–Crippen LogP) is 1.09. The highest BCUT2D eigenvalue weighted by molar-refractivity contribution is 7.80. The molecule has 0 aliphatic heterocycles. The highest BCUT2D eigenvalue weighted by atomic mass is 32.3. The third kappa shape index (κ3) is 3.04. The second kappa shape index (κ2) is 3.68. The van der Waals surface area contributed by atoms with Crippen LogP contribution in [0.4, 0.5) is 4.39 Å². The zero-order valence-electron chi connectivity index (χ0n) is 6.44. The van der Waals surface area contributed by atoms with E-state index in [0.717, 1.165) is 12.8 Å². The van der Waals surface area contributed by atoms with Gasteiger partial charge in [-0.25, -0.2) is 8.57 Å². The predicted molar refractivity (Wildman–Crippen MR) is 39.8 cm³/mol. The molecule has 6 heteroatoms. The molecule has 12 heavy (non-hydrogen) atoms. The molecule has 0 aromatic heterocycles. The van der Waals surface area contributed by atoms with E-state index in [1.807, 2.05) is 0 Å². The molecule has 0 radical (unpaired) electrons. The van der Waals surface area contributed by atoms with Gasteiger partial charge in [-0.3, -0.25) is 4.55 Å². The van der Waals surface area contributed by atoms with E-state index in [9.17, 15) is 12.8 Å². The summed E-state index contributed by atoms with van der Waals surface area (Å²) in [6.45, 7) is 0. The Balaban J connectivity index is 2.50. The lowest BCUT2D eigenvalue weighted by molar-refractivity contribution is 0.0590. The molecule has 0 saturated heterocycles. The van der Waals surface area contributed by atoms with Gasteiger partial charge in [0.1, 0.15) is 12.3 Å². The van der Waals surface area contributed by atoms with Gasteiger partial charge in [0.25, 0.3) is 0 Å². The summed E-state index contributed by atoms with van der Waals surface area (Å²) in [5.41, 5.74) is 0. The van der Waals surface area contributed by atoms with Gasteiger partial charge in [-0.2, -0.15) is 8.42 Å². The highest BCUT2D eigenvalue weighted by Crippen LogP contribution is 2.24. The lowest BCUT2D eigenvalue weighted by Gasteiger charge is -2.23. The molecular weight excluding hydrogens is 187 g/mol. The molecule has 2 unspecified atom stereocenters. The Morgan fingerprint density at radius 3 is 2.42 bits per heavy atom. The van der Waals surface area contributed by atoms with E-state index < -0.39 is 22.7 Å². The maximum atomic E-state index is 12.9. The van der Waals surface area contributed by atoms with Crippen molar-refractivity contribution < 1.29 is 21.5 Å². The molecule has 0 spiro atoms. The summed E-state index contributed by atoms with van der Waals surface area (Å²) in [6.07, 6.45) is -0.136. The van der Waals surface area contributed by atoms with Crippen LogP contribution in [0.25, 0.3) is 0 Å². The van der Waals surface area contributed by atoms with Crippen LogP contribution in [0.5, 0.6) is 0 Å². The normalized spacial score (nSPS) is 31.8. The van der Waals surface area contributed by atoms with E-state index in [-0.39, 0.29) is 0 Å². The van der Waals surface area contributed by atoms with Crippen molar-refractivity contribution in [2.24, 2.45) is 0 Å². The largest absolute Gasteiger partial charge is 0.397 e. The van der Waals surface area contributed by atoms with E-state index in [1.54, 1.807) is 0 Å². The summed E-state index contributed by atoms with van der Waals surface area (Å²) in [5, 5.41) is 0. The fourth-order valence-electron chi connectivity index (χ4n) is 1.32. The molecule has 0 heterocycles. The monoisotopic (exact) mass is 198 g/mol. The van der Waals surface area contributed by atoms with E-state index in [0.29, 0.717) is 12.8 Å². The quantitative estimate of drug-likeness (QED) is 0.674. The smallest absolute Gasteiger partial charge is 0.264 e. The van der Waals surface area contributed by atoms with Crippen LogP contribution in [0, 0.1) is 0 Å². The van der Waals surface area contributed by atoms with Crippen molar-refractivity contribution in [3.8, 4) is 0 Å². The first-order valence-electron chi connectivity index (χ1n) is 3.79. The summed E-state index contributed by atoms with van der Waals surface area (Å²) in [5.74, 6) is 0. The van der Waals surface area contributed by atoms with Gasteiger partial charge in [-0.1, -0.05) is 12.8 Å². The highest BCUT2D eigenvalue weighted by Gasteiger charge is 2.29. The van der Waals surface area contributed by atoms with Crippen molar-refractivity contribution in [3.63, 3.8) is 0 Å². The van der Waals surface area contributed by atoms with Crippen molar-refractivity contribution in [1.82, 2.24) is 0 Å². The van der Waals surface area contributed by atoms with Crippen molar-refractivity contribution in [2.75, 3.05) is 0 Å². The maximum absolute atomic E-state index is 12.9. The van der Waals surface area contributed by atoms with Gasteiger partial charge in [0.2, 0.25) is 0 Å². The van der Waals surface area contributed by atoms with E-state index >= 15 is 0 Å². The fraction of sp³-hybridized carbons (Fsp3) is 1.00. The lowest BCUT2D eigenvalue weighted by Crippen LogP contribution is -2.31. The maximum Gasteiger partial charge on any atom is 0.397 e. The molecule has 2 atom stereocenters. The second-order valence-electron chi connectivity index (χ2n) is 2.86. The Morgan fingerprint density at radius 2 is 1.92 bits per heavy atom. The molecule has 1 aliphatic rings. The molecular formula is C6H11FO4S. The van der Waals surface area contributed by atoms with Crippen molar-refractivity contribution in [3.05, 3.63) is 0 Å². The van der Waals surface area contributed by atoms with E-state index in [4.69, 9.17) is 4.55 Å². The van der Waals surface area contributed by atoms with Crippen LogP contribution in [0.1, 0.15) is 25.7 Å². The zero-order valence-corrected chi connectivity index (χ0v) is 7.26. The number of rotatable bonds is 2. The minimum atomic E-state index is -4.50. The Morgan fingerprint density at radius 1 is 1.33 bits per heavy atom. The van der Waals surface area contributed by atoms with Crippen LogP contribution in [0.15, 0.2) is 0 Å². The summed E-state index contributed by atoms with van der Waals surface area (Å²) in [6, 6.07) is 0. The molecule has 0 aromatic carbocycles. The lowest BCUT2D eigenvalue weighted by atomic mass is 9.96. The van der Waals surface area contributed by atoms with E-state index in [1.165, 1.54) is 0 Å². The van der Waals surface area contributed by atoms with Crippen molar-refractivity contribution in [2.45, 2.75) is 38.0 Å². The van der Waals surface area contributed by atoms with Crippen LogP contribution in [-0.2, 0) is 14.6 Å². The van der Waals surface area contributed by atoms with Crippen LogP contribution in [0.2, 0.25) is 0 Å². The standard InChI is InChI=1S/C6H11FO4S/c7-5-3-1-2-4-6(5)11-12(8,9)10/h5-6H,1-4H2,(H,8,9,10). The summed E-state index contributed by atoms with van der Waals surface area (Å²) in [4.78, 5) is 0. The minimum absolute atomic E-state index is 0.306. The van der Waals surface area contributed by atoms with Crippen LogP contribution < -0.4 is 0 Å². The molecule has 1 aliphatic carbocycles. The van der Waals surface area contributed by atoms with Gasteiger partial charge in [0.05, 0.1) is 0 Å². The zero-order chi connectivity index (χ0) is 9.19. The van der Waals surface area contributed by atoms with Gasteiger partial charge in [-0.05, 0) is 12.8 Å². The van der Waals surface area contributed by atoms with Gasteiger partial charge >= 0.3 is 10.4 Å². The third-order valence-corrected chi connectivity index (χ3v) is 2.36. The molecule has 0 aromatic rings. The number of hydrogen-bond acceptors (Lipinski definition) is 3. The van der Waals surface area contributed by atoms with Crippen molar-refractivity contribution >= 4 is 10.4 Å². The first kappa shape index (κ1) is 9.88. The Labute approximate surface area is 70.7 Å². The van der Waals surface area contributed by atoms with Crippen molar-refractivity contribution in [1.29, 1.82) is 0 Å². The second-order valence-corrected chi connectivity index (χ2v) is 3.91. The van der Waals surface area contributed by atoms with Crippen LogP contribution >= 0.6 is 0 Å². The molecule has 72 valence electrons. The molecule has 0 amide bonds. The van der Waals surface area contributed by atoms with E-state index in [2.05, 4.69) is 4.18 Å². The molecule has 1 rings (SSSR count). The SMILES string of the molecule is O=S(=O)(O)OC1CCCCC1F. The Hall–Kier alpha value is -0.200. The average Bonchev–Trinajstić information content (AvgIpc) is 1.91. The first-order chi connectivity index (χ1) is 5.49. The molecule has 1 fully saturated rings. The Kier molecular flexibility index (Phi) is 3.03. The summed E-state index contributed by atoms with van der Waals surface area (Å²) in [7, 11) is -4.50. The molecule has 4 nitrogen and oxygen atoms in total. The van der Waals surface area contributed by atoms with Gasteiger partial charge < -0.3 is 0 Å². The molecule has 1 saturated carbocycles. The number of hydrogen-bond donors (Lipinski definition) is 1. The van der Waals surface area contributed by atoms with Crippen LogP contribution in [0.3, 0.4) is 0 Å². The molecule has 1 N–H and O–H groups in total. The first-order valence-corrected chi connectivity index (χ1v) is 5.15. The van der Waals surface area contributed by atoms with Gasteiger partial charge in [0, 0.05) is 0 Å². The number of alkyl halides is 1. The van der Waals surface area contributed by atoms with Gasteiger partial charge in [0.15, 0.2) is 0 Å². The minimum Gasteiger partial charge on any atom is -0.264 e. The average molecular weight is 198 g/mol. The third-order valence-electron chi connectivity index (χ3n) is 1.87. The number of halogens is 1. The summed E-state index contributed by atoms with van der Waals surface area (Å²) >= 11 is 0. The topological polar surface area (TPSA) is 63.6 Å². The fourth-order valence-corrected chi connectivity index (χ4v) is 1.85. The van der Waals surface area contributed by atoms with Gasteiger partial charge in [-0.15, -0.1) is 0 Å². The van der Waals surface area contributed by atoms with Crippen LogP contribution in [-0.4, -0.2) is 25.2 Å². The molecule has 0 bridgehead atoms. The Bertz CT molecular complexity index is 238. The summed E-state index contributed by atoms with van der Waals surface area (Å²) < 4.78 is 45.7.